The van der Waals surface area contributed by atoms with Gasteiger partial charge in [-0.2, -0.15) is 5.10 Å². The Labute approximate surface area is 136 Å². The Morgan fingerprint density at radius 2 is 1.96 bits per heavy atom. The Kier molecular flexibility index (Phi) is 4.41. The molecule has 23 heavy (non-hydrogen) atoms. The lowest BCUT2D eigenvalue weighted by molar-refractivity contribution is 0.122. The minimum Gasteiger partial charge on any atom is -0.398 e. The molecule has 124 valence electrons. The Balaban J connectivity index is 2.13. The van der Waals surface area contributed by atoms with E-state index in [1.165, 1.54) is 6.07 Å². The Morgan fingerprint density at radius 1 is 1.26 bits per heavy atom. The van der Waals surface area contributed by atoms with Gasteiger partial charge in [0.2, 0.25) is 0 Å². The van der Waals surface area contributed by atoms with Gasteiger partial charge in [-0.25, -0.2) is 8.84 Å². The van der Waals surface area contributed by atoms with E-state index >= 15 is 0 Å². The first-order valence-electron chi connectivity index (χ1n) is 7.48. The van der Waals surface area contributed by atoms with Crippen LogP contribution in [0.4, 0.5) is 21.5 Å². The first-order chi connectivity index (χ1) is 11.0. The predicted octanol–water partition coefficient (Wildman–Crippen LogP) is 2.07. The molecule has 6 nitrogen and oxygen atoms in total. The summed E-state index contributed by atoms with van der Waals surface area (Å²) in [6.45, 7) is 6.37. The van der Waals surface area contributed by atoms with Gasteiger partial charge in [-0.15, -0.1) is 0 Å². The van der Waals surface area contributed by atoms with Crippen molar-refractivity contribution in [1.29, 1.82) is 0 Å². The highest BCUT2D eigenvalue weighted by Gasteiger charge is 2.21. The molecule has 1 aliphatic rings. The number of benzene rings is 1. The van der Waals surface area contributed by atoms with Crippen molar-refractivity contribution in [1.82, 2.24) is 9.55 Å². The number of anilines is 3. The van der Waals surface area contributed by atoms with Crippen molar-refractivity contribution in [3.05, 3.63) is 23.6 Å². The number of ether oxygens (including phenoxy) is 1. The molecule has 0 amide bonds. The van der Waals surface area contributed by atoms with Gasteiger partial charge >= 0.3 is 0 Å². The van der Waals surface area contributed by atoms with Crippen molar-refractivity contribution in [2.75, 3.05) is 49.3 Å². The average molecular weight is 337 g/mol. The summed E-state index contributed by atoms with van der Waals surface area (Å²) < 4.78 is 21.6. The maximum absolute atomic E-state index is 14.4. The summed E-state index contributed by atoms with van der Waals surface area (Å²) in [5.74, 6) is -0.326. The highest BCUT2D eigenvalue weighted by atomic mass is 31.1. The molecule has 1 fully saturated rings. The third-order valence-electron chi connectivity index (χ3n) is 4.04. The molecular weight excluding hydrogens is 316 g/mol. The topological polar surface area (TPSA) is 82.3 Å². The molecule has 2 aromatic rings. The minimum atomic E-state index is -0.326. The fourth-order valence-electron chi connectivity index (χ4n) is 2.79. The minimum absolute atomic E-state index is 0.326. The second-order valence-corrected chi connectivity index (χ2v) is 6.34. The number of aryl methyl sites for hydroxylation is 1. The molecule has 0 spiro atoms. The van der Waals surface area contributed by atoms with E-state index in [2.05, 4.69) is 5.10 Å². The van der Waals surface area contributed by atoms with Crippen LogP contribution in [0.1, 0.15) is 5.69 Å². The maximum Gasteiger partial charge on any atom is 0.148 e. The second kappa shape index (κ2) is 6.34. The zero-order valence-electron chi connectivity index (χ0n) is 13.3. The standard InChI is InChI=1S/C15H21FN5OP/c1-9-14(18)15(21(19-9)23-2)10-7-13(11(16)8-12(10)17)20-3-5-22-6-4-20/h7-8,23H,3-6,17-18H2,1-2H3. The van der Waals surface area contributed by atoms with Crippen molar-refractivity contribution in [3.8, 4) is 11.3 Å². The molecule has 1 aliphatic heterocycles. The average Bonchev–Trinajstić information content (AvgIpc) is 2.83. The fourth-order valence-corrected chi connectivity index (χ4v) is 3.50. The summed E-state index contributed by atoms with van der Waals surface area (Å²) in [6.07, 6.45) is 0. The summed E-state index contributed by atoms with van der Waals surface area (Å²) in [7, 11) is 0.411. The van der Waals surface area contributed by atoms with Gasteiger partial charge < -0.3 is 21.1 Å². The molecule has 1 unspecified atom stereocenters. The smallest absolute Gasteiger partial charge is 0.148 e. The van der Waals surface area contributed by atoms with E-state index in [0.29, 0.717) is 52.1 Å². The van der Waals surface area contributed by atoms with Crippen LogP contribution in [0.15, 0.2) is 12.1 Å². The lowest BCUT2D eigenvalue weighted by atomic mass is 10.1. The number of morpholine rings is 1. The maximum atomic E-state index is 14.4. The van der Waals surface area contributed by atoms with Crippen LogP contribution in [0.25, 0.3) is 11.3 Å². The number of nitrogen functional groups attached to an aromatic ring is 2. The van der Waals surface area contributed by atoms with Gasteiger partial charge in [-0.1, -0.05) is 0 Å². The monoisotopic (exact) mass is 337 g/mol. The van der Waals surface area contributed by atoms with Crippen LogP contribution < -0.4 is 16.4 Å². The van der Waals surface area contributed by atoms with Gasteiger partial charge in [0.25, 0.3) is 0 Å². The van der Waals surface area contributed by atoms with Crippen molar-refractivity contribution in [2.45, 2.75) is 6.92 Å². The zero-order chi connectivity index (χ0) is 16.6. The normalized spacial score (nSPS) is 15.7. The highest BCUT2D eigenvalue weighted by Crippen LogP contribution is 2.39. The van der Waals surface area contributed by atoms with E-state index in [1.54, 1.807) is 6.07 Å². The SMILES string of the molecule is CPn1nc(C)c(N)c1-c1cc(N2CCOCC2)c(F)cc1N. The van der Waals surface area contributed by atoms with E-state index < -0.39 is 0 Å². The third kappa shape index (κ3) is 2.86. The Hall–Kier alpha value is -1.85. The molecule has 3 rings (SSSR count). The molecule has 0 radical (unpaired) electrons. The molecule has 1 saturated heterocycles. The number of hydrogen-bond donors (Lipinski definition) is 2. The molecule has 1 aromatic heterocycles. The molecule has 4 N–H and O–H groups in total. The first kappa shape index (κ1) is 16.0. The largest absolute Gasteiger partial charge is 0.398 e. The lowest BCUT2D eigenvalue weighted by Crippen LogP contribution is -2.36. The van der Waals surface area contributed by atoms with Crippen molar-refractivity contribution in [3.63, 3.8) is 0 Å². The van der Waals surface area contributed by atoms with Crippen LogP contribution in [0, 0.1) is 12.7 Å². The highest BCUT2D eigenvalue weighted by molar-refractivity contribution is 7.35. The van der Waals surface area contributed by atoms with E-state index in [1.807, 2.05) is 22.9 Å². The van der Waals surface area contributed by atoms with Gasteiger partial charge in [-0.3, -0.25) is 0 Å². The van der Waals surface area contributed by atoms with Crippen molar-refractivity contribution in [2.24, 2.45) is 0 Å². The van der Waals surface area contributed by atoms with Gasteiger partial charge in [0.05, 0.1) is 36.0 Å². The van der Waals surface area contributed by atoms with Gasteiger partial charge in [0, 0.05) is 33.1 Å². The summed E-state index contributed by atoms with van der Waals surface area (Å²) >= 11 is 0. The molecule has 1 aromatic carbocycles. The van der Waals surface area contributed by atoms with E-state index in [-0.39, 0.29) is 5.82 Å². The van der Waals surface area contributed by atoms with Crippen LogP contribution in [-0.2, 0) is 4.74 Å². The molecule has 0 saturated carbocycles. The van der Waals surface area contributed by atoms with Crippen molar-refractivity contribution >= 4 is 25.8 Å². The lowest BCUT2D eigenvalue weighted by Gasteiger charge is -2.29. The molecule has 8 heteroatoms. The fraction of sp³-hybridized carbons (Fsp3) is 0.400. The number of hydrogen-bond acceptors (Lipinski definition) is 5. The number of rotatable bonds is 3. The van der Waals surface area contributed by atoms with Crippen LogP contribution in [0.5, 0.6) is 0 Å². The second-order valence-electron chi connectivity index (χ2n) is 5.47. The molecule has 1 atom stereocenters. The predicted molar refractivity (Wildman–Crippen MR) is 93.9 cm³/mol. The molecule has 0 bridgehead atoms. The van der Waals surface area contributed by atoms with E-state index in [4.69, 9.17) is 16.2 Å². The zero-order valence-corrected chi connectivity index (χ0v) is 14.3. The van der Waals surface area contributed by atoms with Gasteiger partial charge in [0.15, 0.2) is 0 Å². The van der Waals surface area contributed by atoms with E-state index in [9.17, 15) is 4.39 Å². The summed E-state index contributed by atoms with van der Waals surface area (Å²) in [5, 5.41) is 4.43. The quantitative estimate of drug-likeness (QED) is 0.662. The first-order valence-corrected chi connectivity index (χ1v) is 8.92. The van der Waals surface area contributed by atoms with Crippen LogP contribution in [0.2, 0.25) is 0 Å². The number of nitrogens with zero attached hydrogens (tertiary/aromatic N) is 3. The summed E-state index contributed by atoms with van der Waals surface area (Å²) in [5.41, 5.74) is 16.0. The Morgan fingerprint density at radius 3 is 2.61 bits per heavy atom. The number of aromatic nitrogens is 2. The molecular formula is C15H21FN5OP. The summed E-state index contributed by atoms with van der Waals surface area (Å²) in [4.78, 5) is 1.97. The van der Waals surface area contributed by atoms with Crippen LogP contribution >= 0.6 is 8.73 Å². The van der Waals surface area contributed by atoms with Gasteiger partial charge in [0.1, 0.15) is 5.82 Å². The molecule has 2 heterocycles. The Bertz CT molecular complexity index is 727. The van der Waals surface area contributed by atoms with Crippen molar-refractivity contribution < 1.29 is 9.13 Å². The number of halogens is 1. The van der Waals surface area contributed by atoms with Crippen LogP contribution in [-0.4, -0.2) is 42.5 Å². The van der Waals surface area contributed by atoms with Gasteiger partial charge in [-0.05, 0) is 25.7 Å². The third-order valence-corrected chi connectivity index (χ3v) is 4.79. The molecule has 0 aliphatic carbocycles. The summed E-state index contributed by atoms with van der Waals surface area (Å²) in [6, 6.07) is 3.14. The van der Waals surface area contributed by atoms with Crippen LogP contribution in [0.3, 0.4) is 0 Å². The number of nitrogens with two attached hydrogens (primary N) is 2. The van der Waals surface area contributed by atoms with E-state index in [0.717, 1.165) is 17.0 Å².